The highest BCUT2D eigenvalue weighted by Gasteiger charge is 2.44. The molecule has 118 valence electrons. The summed E-state index contributed by atoms with van der Waals surface area (Å²) in [6.07, 6.45) is -3.18. The van der Waals surface area contributed by atoms with Crippen molar-refractivity contribution in [2.75, 3.05) is 13.2 Å². The van der Waals surface area contributed by atoms with Crippen LogP contribution in [0.4, 0.5) is 0 Å². The average molecular weight is 307 g/mol. The lowest BCUT2D eigenvalue weighted by Crippen LogP contribution is -2.33. The first-order valence-electron chi connectivity index (χ1n) is 6.75. The molecule has 0 saturated carbocycles. The van der Waals surface area contributed by atoms with E-state index in [0.29, 0.717) is 0 Å². The summed E-state index contributed by atoms with van der Waals surface area (Å²) in [5.74, 6) is 5.21. The van der Waals surface area contributed by atoms with Gasteiger partial charge in [0.05, 0.1) is 19.5 Å². The summed E-state index contributed by atoms with van der Waals surface area (Å²) < 4.78 is 6.75. The Morgan fingerprint density at radius 2 is 2.14 bits per heavy atom. The van der Waals surface area contributed by atoms with Gasteiger partial charge in [-0.15, -0.1) is 0 Å². The summed E-state index contributed by atoms with van der Waals surface area (Å²) in [4.78, 5) is 3.89. The van der Waals surface area contributed by atoms with E-state index >= 15 is 0 Å². The van der Waals surface area contributed by atoms with Gasteiger partial charge in [0.2, 0.25) is 0 Å². The number of aliphatic hydroxyl groups excluding tert-OH is 4. The lowest BCUT2D eigenvalue weighted by Gasteiger charge is -2.17. The number of imidazole rings is 1. The zero-order chi connectivity index (χ0) is 16.3. The quantitative estimate of drug-likeness (QED) is 0.492. The highest BCUT2D eigenvalue weighted by molar-refractivity contribution is 5.40. The van der Waals surface area contributed by atoms with Crippen molar-refractivity contribution in [3.8, 4) is 17.9 Å². The van der Waals surface area contributed by atoms with Gasteiger partial charge in [0.25, 0.3) is 0 Å². The Hall–Kier alpha value is -1.94. The fourth-order valence-electron chi connectivity index (χ4n) is 2.11. The predicted octanol–water partition coefficient (Wildman–Crippen LogP) is -1.65. The highest BCUT2D eigenvalue weighted by atomic mass is 16.6. The van der Waals surface area contributed by atoms with Crippen molar-refractivity contribution in [3.05, 3.63) is 17.7 Å². The van der Waals surface area contributed by atoms with Crippen molar-refractivity contribution in [1.82, 2.24) is 9.55 Å². The molecule has 2 rings (SSSR count). The van der Waals surface area contributed by atoms with Crippen LogP contribution in [0.2, 0.25) is 0 Å². The molecule has 0 bridgehead atoms. The third-order valence-corrected chi connectivity index (χ3v) is 3.40. The molecule has 8 heteroatoms. The van der Waals surface area contributed by atoms with E-state index in [1.807, 2.05) is 6.07 Å². The lowest BCUT2D eigenvalue weighted by molar-refractivity contribution is -0.0531. The molecule has 1 aliphatic rings. The zero-order valence-corrected chi connectivity index (χ0v) is 11.9. The third kappa shape index (κ3) is 2.97. The molecule has 1 aromatic rings. The molecule has 0 amide bonds. The van der Waals surface area contributed by atoms with Gasteiger partial charge in [0.1, 0.15) is 30.1 Å². The third-order valence-electron chi connectivity index (χ3n) is 3.40. The van der Waals surface area contributed by atoms with Crippen LogP contribution in [0.5, 0.6) is 0 Å². The van der Waals surface area contributed by atoms with Crippen LogP contribution in [0, 0.1) is 29.1 Å². The van der Waals surface area contributed by atoms with Crippen LogP contribution >= 0.6 is 0 Å². The Morgan fingerprint density at radius 3 is 2.68 bits per heavy atom. The van der Waals surface area contributed by atoms with E-state index < -0.39 is 31.1 Å². The standard InChI is InChI=1S/C14H17N3O5/c1-8(5-18)2-3-10-9(4-15)16-7-17(10)14-13(21)12(20)11(6-19)22-14/h7-8,11-14,18-21H,5-6H2,1H3/t8?,11-,12-,13-,14-/m1/s1. The second kappa shape index (κ2) is 6.88. The number of rotatable bonds is 3. The van der Waals surface area contributed by atoms with Crippen molar-refractivity contribution >= 4 is 0 Å². The monoisotopic (exact) mass is 307 g/mol. The van der Waals surface area contributed by atoms with Gasteiger partial charge in [0, 0.05) is 5.92 Å². The van der Waals surface area contributed by atoms with E-state index in [0.717, 1.165) is 0 Å². The maximum absolute atomic E-state index is 10.0. The van der Waals surface area contributed by atoms with Gasteiger partial charge in [0.15, 0.2) is 11.9 Å². The van der Waals surface area contributed by atoms with Crippen LogP contribution in [0.25, 0.3) is 0 Å². The Bertz CT molecular complexity index is 627. The average Bonchev–Trinajstić information content (AvgIpc) is 3.06. The molecule has 5 atom stereocenters. The van der Waals surface area contributed by atoms with Gasteiger partial charge in [-0.3, -0.25) is 4.57 Å². The van der Waals surface area contributed by atoms with Gasteiger partial charge in [-0.1, -0.05) is 5.92 Å². The SMILES string of the molecule is CC(C#Cc1c(C#N)ncn1[C@@H]1O[C@H](CO)[C@@H](O)[C@H]1O)CO. The van der Waals surface area contributed by atoms with Crippen molar-refractivity contribution in [1.29, 1.82) is 5.26 Å². The van der Waals surface area contributed by atoms with Crippen LogP contribution in [-0.4, -0.2) is 61.5 Å². The zero-order valence-electron chi connectivity index (χ0n) is 11.9. The summed E-state index contributed by atoms with van der Waals surface area (Å²) in [7, 11) is 0. The molecule has 0 aromatic carbocycles. The van der Waals surface area contributed by atoms with E-state index in [1.54, 1.807) is 6.92 Å². The molecule has 2 heterocycles. The minimum atomic E-state index is -1.28. The maximum Gasteiger partial charge on any atom is 0.174 e. The number of aromatic nitrogens is 2. The summed E-state index contributed by atoms with van der Waals surface area (Å²) in [5, 5.41) is 47.0. The molecular formula is C14H17N3O5. The molecule has 22 heavy (non-hydrogen) atoms. The molecule has 1 fully saturated rings. The van der Waals surface area contributed by atoms with Gasteiger partial charge >= 0.3 is 0 Å². The summed E-state index contributed by atoms with van der Waals surface area (Å²) >= 11 is 0. The van der Waals surface area contributed by atoms with Crippen LogP contribution in [0.1, 0.15) is 24.5 Å². The van der Waals surface area contributed by atoms with E-state index in [4.69, 9.17) is 20.2 Å². The lowest BCUT2D eigenvalue weighted by atomic mass is 10.1. The van der Waals surface area contributed by atoms with Crippen molar-refractivity contribution in [2.24, 2.45) is 5.92 Å². The molecule has 0 spiro atoms. The van der Waals surface area contributed by atoms with Crippen LogP contribution in [0.15, 0.2) is 6.33 Å². The Kier molecular flexibility index (Phi) is 5.14. The molecule has 4 N–H and O–H groups in total. The van der Waals surface area contributed by atoms with Gasteiger partial charge in [-0.05, 0) is 12.8 Å². The molecular weight excluding hydrogens is 290 g/mol. The Morgan fingerprint density at radius 1 is 1.41 bits per heavy atom. The Balaban J connectivity index is 2.38. The predicted molar refractivity (Wildman–Crippen MR) is 73.1 cm³/mol. The van der Waals surface area contributed by atoms with Crippen LogP contribution < -0.4 is 0 Å². The molecule has 0 aliphatic carbocycles. The summed E-state index contributed by atoms with van der Waals surface area (Å²) in [6.45, 7) is 1.14. The molecule has 1 aliphatic heterocycles. The minimum absolute atomic E-state index is 0.0513. The first-order chi connectivity index (χ1) is 10.5. The van der Waals surface area contributed by atoms with Crippen molar-refractivity contribution in [2.45, 2.75) is 31.5 Å². The molecule has 1 saturated heterocycles. The first kappa shape index (κ1) is 16.4. The summed E-state index contributed by atoms with van der Waals surface area (Å²) in [6, 6.07) is 1.89. The largest absolute Gasteiger partial charge is 0.395 e. The van der Waals surface area contributed by atoms with Gasteiger partial charge in [-0.25, -0.2) is 4.98 Å². The highest BCUT2D eigenvalue weighted by Crippen LogP contribution is 2.30. The molecule has 8 nitrogen and oxygen atoms in total. The normalized spacial score (nSPS) is 28.7. The van der Waals surface area contributed by atoms with Crippen LogP contribution in [-0.2, 0) is 4.74 Å². The molecule has 1 unspecified atom stereocenters. The van der Waals surface area contributed by atoms with Gasteiger partial charge < -0.3 is 25.2 Å². The number of nitrogens with zero attached hydrogens (tertiary/aromatic N) is 3. The van der Waals surface area contributed by atoms with Gasteiger partial charge in [-0.2, -0.15) is 5.26 Å². The fraction of sp³-hybridized carbons (Fsp3) is 0.571. The van der Waals surface area contributed by atoms with Crippen LogP contribution in [0.3, 0.4) is 0 Å². The topological polar surface area (TPSA) is 132 Å². The molecule has 1 aromatic heterocycles. The minimum Gasteiger partial charge on any atom is -0.395 e. The number of hydrogen-bond acceptors (Lipinski definition) is 7. The number of nitriles is 1. The van der Waals surface area contributed by atoms with E-state index in [2.05, 4.69) is 16.8 Å². The maximum atomic E-state index is 10.0. The smallest absolute Gasteiger partial charge is 0.174 e. The van der Waals surface area contributed by atoms with E-state index in [-0.39, 0.29) is 23.9 Å². The second-order valence-corrected chi connectivity index (χ2v) is 5.04. The first-order valence-corrected chi connectivity index (χ1v) is 6.75. The number of ether oxygens (including phenoxy) is 1. The summed E-state index contributed by atoms with van der Waals surface area (Å²) in [5.41, 5.74) is 0.271. The fourth-order valence-corrected chi connectivity index (χ4v) is 2.11. The number of aliphatic hydroxyl groups is 4. The Labute approximate surface area is 127 Å². The number of hydrogen-bond donors (Lipinski definition) is 4. The van der Waals surface area contributed by atoms with Crippen molar-refractivity contribution < 1.29 is 25.2 Å². The van der Waals surface area contributed by atoms with E-state index in [1.165, 1.54) is 10.9 Å². The van der Waals surface area contributed by atoms with E-state index in [9.17, 15) is 10.2 Å². The van der Waals surface area contributed by atoms with Crippen molar-refractivity contribution in [3.63, 3.8) is 0 Å². The molecule has 0 radical (unpaired) electrons. The second-order valence-electron chi connectivity index (χ2n) is 5.04.